The van der Waals surface area contributed by atoms with Crippen molar-refractivity contribution in [1.82, 2.24) is 33.4 Å². The van der Waals surface area contributed by atoms with Crippen LogP contribution in [0.4, 0.5) is 5.82 Å². The van der Waals surface area contributed by atoms with Gasteiger partial charge in [0.2, 0.25) is 10.0 Å². The molecule has 0 saturated carbocycles. The van der Waals surface area contributed by atoms with Crippen LogP contribution in [0.15, 0.2) is 106 Å². The maximum Gasteiger partial charge on any atom is 0.243 e. The Balaban J connectivity index is 1.18. The summed E-state index contributed by atoms with van der Waals surface area (Å²) in [6.45, 7) is 6.08. The van der Waals surface area contributed by atoms with Crippen molar-refractivity contribution in [2.45, 2.75) is 94.1 Å². The minimum absolute atomic E-state index is 0.0883. The fourth-order valence-corrected chi connectivity index (χ4v) is 9.17. The molecule has 20 heteroatoms. The van der Waals surface area contributed by atoms with Crippen molar-refractivity contribution in [3.05, 3.63) is 118 Å². The Morgan fingerprint density at radius 2 is 1.71 bits per heavy atom. The fraction of sp³-hybridized carbons (Fsp3) is 0.447. The van der Waals surface area contributed by atoms with Crippen LogP contribution in [0, 0.1) is 6.92 Å². The number of aromatic nitrogens is 6. The smallest absolute Gasteiger partial charge is 0.243 e. The van der Waals surface area contributed by atoms with Gasteiger partial charge in [-0.15, -0.1) is 0 Å². The number of nitrogens with zero attached hydrogens (tertiary/aromatic N) is 14. The average molecular weight is 809 g/mol. The second-order valence-electron chi connectivity index (χ2n) is 14.5. The van der Waals surface area contributed by atoms with Crippen molar-refractivity contribution in [2.75, 3.05) is 19.6 Å². The lowest BCUT2D eigenvalue weighted by Gasteiger charge is -2.32. The van der Waals surface area contributed by atoms with Crippen molar-refractivity contribution in [2.24, 2.45) is 15.2 Å². The van der Waals surface area contributed by atoms with Crippen LogP contribution in [-0.4, -0.2) is 97.4 Å². The minimum Gasteiger partial charge on any atom is -0.349 e. The van der Waals surface area contributed by atoms with Crippen LogP contribution in [0.25, 0.3) is 32.0 Å². The molecule has 5 aromatic rings. The highest BCUT2D eigenvalue weighted by molar-refractivity contribution is 7.89. The first-order valence-electron chi connectivity index (χ1n) is 19.0. The third kappa shape index (κ3) is 8.88. The Hall–Kier alpha value is -5.72. The number of hydrogen-bond donors (Lipinski definition) is 0. The lowest BCUT2D eigenvalue weighted by atomic mass is 10.0. The topological polar surface area (TPSA) is 236 Å². The molecule has 0 amide bonds. The van der Waals surface area contributed by atoms with Crippen LogP contribution in [0.3, 0.4) is 0 Å². The second-order valence-corrected chi connectivity index (χ2v) is 16.4. The molecule has 3 aromatic heterocycles. The van der Waals surface area contributed by atoms with Gasteiger partial charge < -0.3 is 14.2 Å². The maximum atomic E-state index is 14.3. The quantitative estimate of drug-likeness (QED) is 0.0234. The van der Waals surface area contributed by atoms with Gasteiger partial charge >= 0.3 is 0 Å². The van der Waals surface area contributed by atoms with Gasteiger partial charge in [-0.3, -0.25) is 9.13 Å². The number of sulfonamides is 1. The lowest BCUT2D eigenvalue weighted by molar-refractivity contribution is -0.197. The number of hydrogen-bond acceptors (Lipinski definition) is 12. The SMILES string of the molecule is Cc1ccc(S(=O)(=O)N(CCCCN=[N+]=[N-])C(CCN=[N+]=[N-])CC[C@H]2O[C@@H](n3cnc4c(/N=C(\c5ccccc5)n5ccnc5)ncnc43)[C@@H]3OC(C)(C)O[C@@H]32)cc1. The van der Waals surface area contributed by atoms with Crippen LogP contribution < -0.4 is 0 Å². The Morgan fingerprint density at radius 3 is 2.45 bits per heavy atom. The van der Waals surface area contributed by atoms with E-state index in [1.54, 1.807) is 58.4 Å². The number of ether oxygens (including phenoxy) is 3. The highest BCUT2D eigenvalue weighted by atomic mass is 32.2. The fourth-order valence-electron chi connectivity index (χ4n) is 7.45. The number of rotatable bonds is 17. The lowest BCUT2D eigenvalue weighted by Crippen LogP contribution is -2.42. The average Bonchev–Trinajstić information content (AvgIpc) is 4.02. The molecule has 0 spiro atoms. The summed E-state index contributed by atoms with van der Waals surface area (Å²) in [5.74, 6) is 0.0196. The molecule has 58 heavy (non-hydrogen) atoms. The number of unbranched alkanes of at least 4 members (excludes halogenated alkanes) is 1. The molecule has 302 valence electrons. The van der Waals surface area contributed by atoms with E-state index in [2.05, 4.69) is 35.0 Å². The summed E-state index contributed by atoms with van der Waals surface area (Å²) in [4.78, 5) is 28.8. The molecule has 2 saturated heterocycles. The summed E-state index contributed by atoms with van der Waals surface area (Å²) < 4.78 is 53.4. The van der Waals surface area contributed by atoms with E-state index >= 15 is 0 Å². The van der Waals surface area contributed by atoms with Crippen LogP contribution in [-0.2, 0) is 24.2 Å². The molecule has 2 aromatic carbocycles. The molecule has 0 aliphatic carbocycles. The number of azide groups is 2. The molecule has 0 radical (unpaired) electrons. The molecule has 0 N–H and O–H groups in total. The van der Waals surface area contributed by atoms with Gasteiger partial charge in [0.25, 0.3) is 0 Å². The van der Waals surface area contributed by atoms with E-state index in [1.807, 2.05) is 51.1 Å². The van der Waals surface area contributed by atoms with Crippen molar-refractivity contribution < 1.29 is 22.6 Å². The zero-order valence-electron chi connectivity index (χ0n) is 32.3. The number of fused-ring (bicyclic) bond motifs is 2. The molecule has 2 aliphatic rings. The third-order valence-corrected chi connectivity index (χ3v) is 12.1. The second kappa shape index (κ2) is 17.8. The van der Waals surface area contributed by atoms with Gasteiger partial charge in [0.05, 0.1) is 17.3 Å². The summed E-state index contributed by atoms with van der Waals surface area (Å²) >= 11 is 0. The molecule has 19 nitrogen and oxygen atoms in total. The molecule has 7 rings (SSSR count). The molecule has 1 unspecified atom stereocenters. The molecule has 5 heterocycles. The van der Waals surface area contributed by atoms with Crippen molar-refractivity contribution >= 4 is 32.8 Å². The van der Waals surface area contributed by atoms with Gasteiger partial charge in [0.15, 0.2) is 29.0 Å². The van der Waals surface area contributed by atoms with Crippen LogP contribution >= 0.6 is 0 Å². The zero-order chi connectivity index (χ0) is 40.7. The van der Waals surface area contributed by atoms with E-state index in [4.69, 9.17) is 35.2 Å². The molecule has 5 atom stereocenters. The predicted octanol–water partition coefficient (Wildman–Crippen LogP) is 7.01. The summed E-state index contributed by atoms with van der Waals surface area (Å²) in [6, 6.07) is 15.8. The summed E-state index contributed by atoms with van der Waals surface area (Å²) in [5, 5.41) is 7.37. The largest absolute Gasteiger partial charge is 0.349 e. The van der Waals surface area contributed by atoms with E-state index in [0.717, 1.165) is 11.1 Å². The monoisotopic (exact) mass is 808 g/mol. The van der Waals surface area contributed by atoms with E-state index in [1.165, 1.54) is 10.6 Å². The first-order chi connectivity index (χ1) is 28.1. The molecule has 0 bridgehead atoms. The first kappa shape index (κ1) is 40.5. The van der Waals surface area contributed by atoms with Crippen molar-refractivity contribution in [1.29, 1.82) is 0 Å². The van der Waals surface area contributed by atoms with Crippen molar-refractivity contribution in [3.8, 4) is 0 Å². The van der Waals surface area contributed by atoms with E-state index in [9.17, 15) is 8.42 Å². The molecule has 2 aliphatic heterocycles. The standard InChI is InChI=1S/C38H44N14O5S/c1-26-11-14-29(15-12-26)58(53,54)52(21-8-7-18-45-48-39)28(17-19-46-49-40)13-16-30-32-33(57-38(2,3)56-32)37(55-30)51-25-44-31-34(42-23-43-36(31)51)47-35(50-22-20-41-24-50)27-9-5-4-6-10-27/h4-6,9-12,14-15,20,22-25,28,30,32-33,37H,7-8,13,16-19,21H2,1-3H3/b47-35+/t28?,30-,32-,33-,37-/m1/s1. The third-order valence-electron chi connectivity index (χ3n) is 10.1. The first-order valence-corrected chi connectivity index (χ1v) is 20.4. The molecular weight excluding hydrogens is 765 g/mol. The van der Waals surface area contributed by atoms with Gasteiger partial charge in [-0.1, -0.05) is 58.3 Å². The van der Waals surface area contributed by atoms with E-state index in [-0.39, 0.29) is 31.0 Å². The Kier molecular flexibility index (Phi) is 12.4. The summed E-state index contributed by atoms with van der Waals surface area (Å²) in [6.07, 6.45) is 7.89. The van der Waals surface area contributed by atoms with Gasteiger partial charge in [0, 0.05) is 53.5 Å². The molecule has 2 fully saturated rings. The van der Waals surface area contributed by atoms with Crippen LogP contribution in [0.5, 0.6) is 0 Å². The Bertz CT molecular complexity index is 2410. The summed E-state index contributed by atoms with van der Waals surface area (Å²) in [7, 11) is -3.99. The molecular formula is C38H44N14O5S. The van der Waals surface area contributed by atoms with Gasteiger partial charge in [-0.25, -0.2) is 33.3 Å². The minimum atomic E-state index is -3.99. The van der Waals surface area contributed by atoms with Gasteiger partial charge in [-0.2, -0.15) is 4.31 Å². The van der Waals surface area contributed by atoms with Crippen molar-refractivity contribution in [3.63, 3.8) is 0 Å². The number of aliphatic imine (C=N–C) groups is 1. The van der Waals surface area contributed by atoms with Gasteiger partial charge in [0.1, 0.15) is 30.7 Å². The van der Waals surface area contributed by atoms with Crippen LogP contribution in [0.1, 0.15) is 63.3 Å². The predicted molar refractivity (Wildman–Crippen MR) is 213 cm³/mol. The number of benzene rings is 2. The van der Waals surface area contributed by atoms with Crippen LogP contribution in [0.2, 0.25) is 0 Å². The number of aryl methyl sites for hydroxylation is 1. The zero-order valence-corrected chi connectivity index (χ0v) is 33.2. The highest BCUT2D eigenvalue weighted by Gasteiger charge is 2.56. The Morgan fingerprint density at radius 1 is 0.948 bits per heavy atom. The van der Waals surface area contributed by atoms with E-state index in [0.29, 0.717) is 48.5 Å². The number of imidazole rings is 2. The summed E-state index contributed by atoms with van der Waals surface area (Å²) in [5.41, 5.74) is 20.6. The maximum absolute atomic E-state index is 14.3. The van der Waals surface area contributed by atoms with Gasteiger partial charge in [-0.05, 0) is 76.1 Å². The highest BCUT2D eigenvalue weighted by Crippen LogP contribution is 2.45. The van der Waals surface area contributed by atoms with E-state index < -0.39 is 46.4 Å². The normalized spacial score (nSPS) is 20.8. The Labute approximate surface area is 335 Å².